The lowest BCUT2D eigenvalue weighted by Crippen LogP contribution is -2.41. The number of alkyl carbamates (subject to hydrolysis) is 1. The maximum Gasteiger partial charge on any atom is 0.407 e. The van der Waals surface area contributed by atoms with Crippen LogP contribution in [-0.2, 0) is 22.4 Å². The highest BCUT2D eigenvalue weighted by atomic mass is 32.1. The van der Waals surface area contributed by atoms with Gasteiger partial charge in [0.05, 0.1) is 5.56 Å². The second-order valence-electron chi connectivity index (χ2n) is 7.86. The van der Waals surface area contributed by atoms with Gasteiger partial charge in [-0.2, -0.15) is 0 Å². The fourth-order valence-electron chi connectivity index (χ4n) is 3.06. The lowest BCUT2D eigenvalue weighted by Gasteiger charge is -2.26. The lowest BCUT2D eigenvalue weighted by atomic mass is 9.91. The Labute approximate surface area is 156 Å². The van der Waals surface area contributed by atoms with Gasteiger partial charge in [-0.25, -0.2) is 9.59 Å². The van der Waals surface area contributed by atoms with E-state index in [4.69, 9.17) is 4.74 Å². The largest absolute Gasteiger partial charge is 0.478 e. The van der Waals surface area contributed by atoms with Crippen LogP contribution < -0.4 is 10.6 Å². The lowest BCUT2D eigenvalue weighted by molar-refractivity contribution is -0.117. The van der Waals surface area contributed by atoms with Crippen molar-refractivity contribution in [3.63, 3.8) is 0 Å². The third kappa shape index (κ3) is 4.35. The molecule has 0 bridgehead atoms. The van der Waals surface area contributed by atoms with Crippen molar-refractivity contribution in [2.75, 3.05) is 5.32 Å². The zero-order valence-electron chi connectivity index (χ0n) is 15.2. The van der Waals surface area contributed by atoms with Gasteiger partial charge in [0.1, 0.15) is 10.6 Å². The summed E-state index contributed by atoms with van der Waals surface area (Å²) in [7, 11) is 0. The molecule has 0 aliphatic heterocycles. The molecule has 1 aromatic rings. The number of aromatic carboxylic acids is 1. The molecule has 1 fully saturated rings. The zero-order valence-corrected chi connectivity index (χ0v) is 16.0. The third-order valence-corrected chi connectivity index (χ3v) is 5.59. The molecule has 7 nitrogen and oxygen atoms in total. The SMILES string of the molecule is CC(C)(C)OC(=O)N[C@H]1CCc2sc(NC(=O)C3CC3)c(C(=O)O)c2C1. The van der Waals surface area contributed by atoms with Gasteiger partial charge < -0.3 is 20.5 Å². The fraction of sp³-hybridized carbons (Fsp3) is 0.611. The molecule has 0 aromatic carbocycles. The molecular formula is C18H24N2O5S. The van der Waals surface area contributed by atoms with E-state index in [9.17, 15) is 19.5 Å². The Kier molecular flexibility index (Phi) is 4.96. The summed E-state index contributed by atoms with van der Waals surface area (Å²) in [6.07, 6.45) is 3.02. The molecule has 2 amide bonds. The van der Waals surface area contributed by atoms with E-state index in [0.29, 0.717) is 29.8 Å². The van der Waals surface area contributed by atoms with E-state index in [1.165, 1.54) is 11.3 Å². The van der Waals surface area contributed by atoms with E-state index >= 15 is 0 Å². The monoisotopic (exact) mass is 380 g/mol. The van der Waals surface area contributed by atoms with E-state index in [2.05, 4.69) is 10.6 Å². The maximum absolute atomic E-state index is 12.0. The van der Waals surface area contributed by atoms with Crippen molar-refractivity contribution in [3.05, 3.63) is 16.0 Å². The molecule has 2 aliphatic rings. The van der Waals surface area contributed by atoms with Crippen LogP contribution in [0.2, 0.25) is 0 Å². The summed E-state index contributed by atoms with van der Waals surface area (Å²) < 4.78 is 5.28. The third-order valence-electron chi connectivity index (χ3n) is 4.38. The van der Waals surface area contributed by atoms with Crippen LogP contribution in [0.3, 0.4) is 0 Å². The number of hydrogen-bond acceptors (Lipinski definition) is 5. The predicted molar refractivity (Wildman–Crippen MR) is 97.8 cm³/mol. The number of carboxylic acids is 1. The van der Waals surface area contributed by atoms with E-state index in [-0.39, 0.29) is 23.4 Å². The molecule has 0 unspecified atom stereocenters. The van der Waals surface area contributed by atoms with E-state index < -0.39 is 17.7 Å². The van der Waals surface area contributed by atoms with Crippen molar-refractivity contribution < 1.29 is 24.2 Å². The molecule has 1 saturated carbocycles. The Morgan fingerprint density at radius 1 is 1.19 bits per heavy atom. The topological polar surface area (TPSA) is 105 Å². The van der Waals surface area contributed by atoms with Gasteiger partial charge in [-0.05, 0) is 58.4 Å². The molecule has 0 spiro atoms. The van der Waals surface area contributed by atoms with Gasteiger partial charge in [0.2, 0.25) is 5.91 Å². The van der Waals surface area contributed by atoms with Crippen molar-refractivity contribution in [1.29, 1.82) is 0 Å². The maximum atomic E-state index is 12.0. The van der Waals surface area contributed by atoms with E-state index in [0.717, 1.165) is 17.7 Å². The highest BCUT2D eigenvalue weighted by Gasteiger charge is 2.34. The van der Waals surface area contributed by atoms with Crippen molar-refractivity contribution >= 4 is 34.3 Å². The minimum atomic E-state index is -1.05. The first-order valence-electron chi connectivity index (χ1n) is 8.82. The summed E-state index contributed by atoms with van der Waals surface area (Å²) >= 11 is 1.34. The van der Waals surface area contributed by atoms with Gasteiger partial charge in [0, 0.05) is 16.8 Å². The second-order valence-corrected chi connectivity index (χ2v) is 8.97. The molecule has 3 rings (SSSR count). The molecule has 3 N–H and O–H groups in total. The van der Waals surface area contributed by atoms with Gasteiger partial charge in [-0.1, -0.05) is 0 Å². The van der Waals surface area contributed by atoms with E-state index in [1.54, 1.807) is 20.8 Å². The van der Waals surface area contributed by atoms with Gasteiger partial charge in [0.25, 0.3) is 0 Å². The number of nitrogens with one attached hydrogen (secondary N) is 2. The minimum absolute atomic E-state index is 0.0114. The number of fused-ring (bicyclic) bond motifs is 1. The molecule has 0 saturated heterocycles. The number of thiophene rings is 1. The summed E-state index contributed by atoms with van der Waals surface area (Å²) in [5.74, 6) is -1.14. The Bertz CT molecular complexity index is 745. The highest BCUT2D eigenvalue weighted by Crippen LogP contribution is 2.39. The number of rotatable bonds is 4. The quantitative estimate of drug-likeness (QED) is 0.744. The number of ether oxygens (including phenoxy) is 1. The number of aryl methyl sites for hydroxylation is 1. The number of anilines is 1. The molecule has 142 valence electrons. The van der Waals surface area contributed by atoms with Crippen molar-refractivity contribution in [1.82, 2.24) is 5.32 Å². The molecule has 0 radical (unpaired) electrons. The summed E-state index contributed by atoms with van der Waals surface area (Å²) in [6.45, 7) is 5.38. The normalized spacial score (nSPS) is 19.4. The highest BCUT2D eigenvalue weighted by molar-refractivity contribution is 7.17. The van der Waals surface area contributed by atoms with Crippen LogP contribution >= 0.6 is 11.3 Å². The van der Waals surface area contributed by atoms with Gasteiger partial charge in [0.15, 0.2) is 0 Å². The van der Waals surface area contributed by atoms with Crippen LogP contribution in [0.4, 0.5) is 9.80 Å². The molecule has 1 heterocycles. The number of carboxylic acid groups (broad SMARTS) is 1. The standard InChI is InChI=1S/C18H24N2O5S/c1-18(2,3)25-17(24)19-10-6-7-12-11(8-10)13(16(22)23)15(26-12)20-14(21)9-4-5-9/h9-10H,4-8H2,1-3H3,(H,19,24)(H,20,21)(H,22,23)/t10-/m0/s1. The molecule has 1 aromatic heterocycles. The van der Waals surface area contributed by atoms with Gasteiger partial charge in [-0.15, -0.1) is 11.3 Å². The van der Waals surface area contributed by atoms with Crippen LogP contribution in [0.15, 0.2) is 0 Å². The molecule has 26 heavy (non-hydrogen) atoms. The Morgan fingerprint density at radius 3 is 2.46 bits per heavy atom. The van der Waals surface area contributed by atoms with Gasteiger partial charge in [-0.3, -0.25) is 4.79 Å². The molecule has 2 aliphatic carbocycles. The summed E-state index contributed by atoms with van der Waals surface area (Å²) in [6, 6.07) is -0.183. The summed E-state index contributed by atoms with van der Waals surface area (Å²) in [5, 5.41) is 15.7. The first-order valence-corrected chi connectivity index (χ1v) is 9.64. The fourth-order valence-corrected chi connectivity index (χ4v) is 4.29. The summed E-state index contributed by atoms with van der Waals surface area (Å²) in [5.41, 5.74) is 0.286. The minimum Gasteiger partial charge on any atom is -0.478 e. The Morgan fingerprint density at radius 2 is 1.88 bits per heavy atom. The zero-order chi connectivity index (χ0) is 19.1. The Hall–Kier alpha value is -2.09. The van der Waals surface area contributed by atoms with Gasteiger partial charge >= 0.3 is 12.1 Å². The molecule has 1 atom stereocenters. The number of carbonyl (C=O) groups is 3. The molecule has 8 heteroatoms. The number of carbonyl (C=O) groups excluding carboxylic acids is 2. The first-order chi connectivity index (χ1) is 12.1. The number of hydrogen-bond donors (Lipinski definition) is 3. The summed E-state index contributed by atoms with van der Waals surface area (Å²) in [4.78, 5) is 36.8. The van der Waals surface area contributed by atoms with Crippen molar-refractivity contribution in [3.8, 4) is 0 Å². The van der Waals surface area contributed by atoms with Crippen LogP contribution in [0.25, 0.3) is 0 Å². The van der Waals surface area contributed by atoms with Crippen LogP contribution in [0.1, 0.15) is 60.8 Å². The second kappa shape index (κ2) is 6.90. The average Bonchev–Trinajstić information content (AvgIpc) is 3.27. The van der Waals surface area contributed by atoms with Crippen LogP contribution in [0, 0.1) is 5.92 Å². The van der Waals surface area contributed by atoms with Crippen LogP contribution in [0.5, 0.6) is 0 Å². The number of amides is 2. The first kappa shape index (κ1) is 18.7. The predicted octanol–water partition coefficient (Wildman–Crippen LogP) is 3.18. The molecular weight excluding hydrogens is 356 g/mol. The van der Waals surface area contributed by atoms with Crippen molar-refractivity contribution in [2.24, 2.45) is 5.92 Å². The van der Waals surface area contributed by atoms with Crippen LogP contribution in [-0.4, -0.2) is 34.7 Å². The van der Waals surface area contributed by atoms with E-state index in [1.807, 2.05) is 0 Å². The average molecular weight is 380 g/mol. The smallest absolute Gasteiger partial charge is 0.407 e. The Balaban J connectivity index is 1.74. The van der Waals surface area contributed by atoms with Crippen molar-refractivity contribution in [2.45, 2.75) is 64.5 Å².